The summed E-state index contributed by atoms with van der Waals surface area (Å²) in [7, 11) is 0. The number of fused-ring (bicyclic) bond motifs is 1. The minimum atomic E-state index is -0.0119. The van der Waals surface area contributed by atoms with Crippen molar-refractivity contribution in [3.8, 4) is 11.5 Å². The Kier molecular flexibility index (Phi) is 3.54. The molecule has 1 aromatic carbocycles. The van der Waals surface area contributed by atoms with Gasteiger partial charge < -0.3 is 14.0 Å². The Bertz CT molecular complexity index is 755. The van der Waals surface area contributed by atoms with Gasteiger partial charge in [-0.25, -0.2) is 4.98 Å². The molecular weight excluding hydrogens is 300 g/mol. The van der Waals surface area contributed by atoms with Gasteiger partial charge in [0, 0.05) is 29.8 Å². The van der Waals surface area contributed by atoms with Gasteiger partial charge in [-0.15, -0.1) is 0 Å². The smallest absolute Gasteiger partial charge is 0.283 e. The van der Waals surface area contributed by atoms with E-state index in [2.05, 4.69) is 4.98 Å². The van der Waals surface area contributed by atoms with Crippen LogP contribution in [0.25, 0.3) is 0 Å². The van der Waals surface area contributed by atoms with Crippen molar-refractivity contribution in [3.05, 3.63) is 40.9 Å². The van der Waals surface area contributed by atoms with Gasteiger partial charge in [0.15, 0.2) is 16.5 Å². The Morgan fingerprint density at radius 3 is 2.82 bits per heavy atom. The average molecular weight is 316 g/mol. The topological polar surface area (TPSA) is 53.4 Å². The Hall–Kier alpha value is -1.95. The minimum absolute atomic E-state index is 0.0119. The molecule has 0 bridgehead atoms. The van der Waals surface area contributed by atoms with Gasteiger partial charge in [0.1, 0.15) is 0 Å². The van der Waals surface area contributed by atoms with Crippen LogP contribution in [0.3, 0.4) is 0 Å². The Morgan fingerprint density at radius 1 is 1.18 bits per heavy atom. The molecule has 0 amide bonds. The fraction of sp³-hybridized carbons (Fsp3) is 0.375. The van der Waals surface area contributed by atoms with E-state index in [1.54, 1.807) is 17.0 Å². The van der Waals surface area contributed by atoms with Gasteiger partial charge in [-0.1, -0.05) is 11.8 Å². The van der Waals surface area contributed by atoms with Crippen molar-refractivity contribution in [2.24, 2.45) is 0 Å². The number of nitrogens with zero attached hydrogens (tertiary/aromatic N) is 2. The first-order valence-corrected chi connectivity index (χ1v) is 8.27. The van der Waals surface area contributed by atoms with E-state index in [4.69, 9.17) is 9.47 Å². The number of hydrogen-bond acceptors (Lipinski definition) is 5. The monoisotopic (exact) mass is 316 g/mol. The van der Waals surface area contributed by atoms with Crippen LogP contribution in [0.5, 0.6) is 11.5 Å². The highest BCUT2D eigenvalue weighted by Gasteiger charge is 2.25. The zero-order chi connectivity index (χ0) is 14.9. The maximum absolute atomic E-state index is 12.4. The highest BCUT2D eigenvalue weighted by molar-refractivity contribution is 7.99. The second kappa shape index (κ2) is 5.68. The minimum Gasteiger partial charge on any atom is -0.490 e. The Labute approximate surface area is 132 Å². The number of aromatic nitrogens is 2. The number of hydrogen-bond donors (Lipinski definition) is 0. The van der Waals surface area contributed by atoms with Gasteiger partial charge in [0.05, 0.1) is 13.2 Å². The van der Waals surface area contributed by atoms with E-state index >= 15 is 0 Å². The third-order valence-corrected chi connectivity index (χ3v) is 4.67. The molecule has 1 fully saturated rings. The van der Waals surface area contributed by atoms with E-state index in [1.165, 1.54) is 11.8 Å². The zero-order valence-corrected chi connectivity index (χ0v) is 12.8. The molecule has 5 nitrogen and oxygen atoms in total. The molecule has 0 unspecified atom stereocenters. The Morgan fingerprint density at radius 2 is 2.00 bits per heavy atom. The van der Waals surface area contributed by atoms with Crippen molar-refractivity contribution >= 4 is 11.8 Å². The second-order valence-corrected chi connectivity index (χ2v) is 6.50. The van der Waals surface area contributed by atoms with Gasteiger partial charge in [-0.05, 0) is 31.0 Å². The summed E-state index contributed by atoms with van der Waals surface area (Å²) in [5, 5.41) is 0.504. The van der Waals surface area contributed by atoms with E-state index < -0.39 is 0 Å². The first kappa shape index (κ1) is 13.7. The summed E-state index contributed by atoms with van der Waals surface area (Å²) >= 11 is 1.37. The fourth-order valence-electron chi connectivity index (χ4n) is 2.44. The molecule has 1 aliphatic heterocycles. The Balaban J connectivity index is 1.62. The van der Waals surface area contributed by atoms with Crippen molar-refractivity contribution in [2.75, 3.05) is 13.2 Å². The molecule has 0 spiro atoms. The standard InChI is InChI=1S/C16H16N2O3S/c19-16-15(17-6-7-18(16)11-2-3-11)22-12-4-5-13-14(10-12)21-9-1-8-20-13/h4-7,10-11H,1-3,8-9H2. The third kappa shape index (κ3) is 2.70. The lowest BCUT2D eigenvalue weighted by atomic mass is 10.3. The van der Waals surface area contributed by atoms with Gasteiger partial charge in [0.2, 0.25) is 0 Å². The maximum Gasteiger partial charge on any atom is 0.283 e. The molecule has 2 heterocycles. The predicted molar refractivity (Wildman–Crippen MR) is 82.9 cm³/mol. The molecule has 1 saturated carbocycles. The molecule has 1 aromatic heterocycles. The molecule has 1 aliphatic carbocycles. The summed E-state index contributed by atoms with van der Waals surface area (Å²) in [6, 6.07) is 6.11. The van der Waals surface area contributed by atoms with Gasteiger partial charge in [-0.2, -0.15) is 0 Å². The highest BCUT2D eigenvalue weighted by atomic mass is 32.2. The van der Waals surface area contributed by atoms with E-state index in [0.29, 0.717) is 24.3 Å². The second-order valence-electron chi connectivity index (χ2n) is 5.44. The van der Waals surface area contributed by atoms with Crippen LogP contribution in [0, 0.1) is 0 Å². The number of rotatable bonds is 3. The molecule has 114 valence electrons. The number of ether oxygens (including phenoxy) is 2. The molecule has 0 saturated heterocycles. The van der Waals surface area contributed by atoms with Crippen LogP contribution in [0.15, 0.2) is 45.3 Å². The summed E-state index contributed by atoms with van der Waals surface area (Å²) < 4.78 is 13.1. The van der Waals surface area contributed by atoms with E-state index in [9.17, 15) is 4.79 Å². The normalized spacial score (nSPS) is 17.1. The van der Waals surface area contributed by atoms with E-state index in [1.807, 2.05) is 18.2 Å². The lowest BCUT2D eigenvalue weighted by Gasteiger charge is -2.09. The molecule has 0 radical (unpaired) electrons. The van der Waals surface area contributed by atoms with Crippen LogP contribution in [-0.4, -0.2) is 22.8 Å². The number of benzene rings is 1. The molecule has 22 heavy (non-hydrogen) atoms. The van der Waals surface area contributed by atoms with Crippen molar-refractivity contribution in [2.45, 2.75) is 35.2 Å². The van der Waals surface area contributed by atoms with Crippen LogP contribution in [0.1, 0.15) is 25.3 Å². The zero-order valence-electron chi connectivity index (χ0n) is 12.0. The van der Waals surface area contributed by atoms with Crippen molar-refractivity contribution in [3.63, 3.8) is 0 Å². The average Bonchev–Trinajstić information content (AvgIpc) is 3.35. The van der Waals surface area contributed by atoms with Crippen LogP contribution in [0.4, 0.5) is 0 Å². The third-order valence-electron chi connectivity index (χ3n) is 3.71. The largest absolute Gasteiger partial charge is 0.490 e. The van der Waals surface area contributed by atoms with Crippen LogP contribution in [0.2, 0.25) is 0 Å². The molecule has 0 N–H and O–H groups in total. The first-order valence-electron chi connectivity index (χ1n) is 7.46. The molecule has 6 heteroatoms. The van der Waals surface area contributed by atoms with Gasteiger partial charge >= 0.3 is 0 Å². The van der Waals surface area contributed by atoms with E-state index in [0.717, 1.165) is 35.7 Å². The first-order chi connectivity index (χ1) is 10.8. The van der Waals surface area contributed by atoms with Crippen molar-refractivity contribution in [1.82, 2.24) is 9.55 Å². The molecular formula is C16H16N2O3S. The maximum atomic E-state index is 12.4. The quantitative estimate of drug-likeness (QED) is 0.871. The van der Waals surface area contributed by atoms with Gasteiger partial charge in [0.25, 0.3) is 5.56 Å². The summed E-state index contributed by atoms with van der Waals surface area (Å²) in [5.74, 6) is 1.50. The summed E-state index contributed by atoms with van der Waals surface area (Å²) in [4.78, 5) is 17.6. The van der Waals surface area contributed by atoms with Crippen LogP contribution < -0.4 is 15.0 Å². The lowest BCUT2D eigenvalue weighted by molar-refractivity contribution is 0.297. The van der Waals surface area contributed by atoms with Crippen molar-refractivity contribution < 1.29 is 9.47 Å². The lowest BCUT2D eigenvalue weighted by Crippen LogP contribution is -2.20. The van der Waals surface area contributed by atoms with Gasteiger partial charge in [-0.3, -0.25) is 4.79 Å². The predicted octanol–water partition coefficient (Wildman–Crippen LogP) is 2.89. The van der Waals surface area contributed by atoms with Crippen LogP contribution >= 0.6 is 11.8 Å². The molecule has 2 aliphatic rings. The van der Waals surface area contributed by atoms with Crippen molar-refractivity contribution in [1.29, 1.82) is 0 Å². The van der Waals surface area contributed by atoms with Crippen LogP contribution in [-0.2, 0) is 0 Å². The summed E-state index contributed by atoms with van der Waals surface area (Å²) in [6.07, 6.45) is 6.52. The highest BCUT2D eigenvalue weighted by Crippen LogP contribution is 2.36. The summed E-state index contributed by atoms with van der Waals surface area (Å²) in [5.41, 5.74) is -0.0119. The molecule has 4 rings (SSSR count). The summed E-state index contributed by atoms with van der Waals surface area (Å²) in [6.45, 7) is 1.32. The van der Waals surface area contributed by atoms with E-state index in [-0.39, 0.29) is 5.56 Å². The molecule has 2 aromatic rings. The fourth-order valence-corrected chi connectivity index (χ4v) is 3.27. The molecule has 0 atom stereocenters. The SMILES string of the molecule is O=c1c(Sc2ccc3c(c2)OCCCO3)nccn1C1CC1.